The molecule has 0 saturated heterocycles. The normalized spacial score (nSPS) is 18.1. The molecule has 3 N–H and O–H groups in total. The average molecular weight is 603 g/mol. The molecule has 3 amide bonds. The van der Waals surface area contributed by atoms with Crippen LogP contribution < -0.4 is 20.1 Å². The summed E-state index contributed by atoms with van der Waals surface area (Å²) in [7, 11) is -0.671. The van der Waals surface area contributed by atoms with Gasteiger partial charge in [-0.1, -0.05) is 13.0 Å². The topological polar surface area (TPSA) is 138 Å². The number of carbonyl (C=O) groups is 2. The molecule has 1 aliphatic rings. The molecule has 0 saturated carbocycles. The molecule has 2 aromatic carbocycles. The number of sulfonamides is 1. The minimum Gasteiger partial charge on any atom is -0.497 e. The first kappa shape index (κ1) is 30.3. The summed E-state index contributed by atoms with van der Waals surface area (Å²) < 4.78 is 39.1. The van der Waals surface area contributed by atoms with E-state index < -0.39 is 28.2 Å². The number of nitrogens with one attached hydrogen (secondary N) is 2. The number of hydrogen-bond acceptors (Lipinski definition) is 8. The lowest BCUT2D eigenvalue weighted by molar-refractivity contribution is 0.0387. The van der Waals surface area contributed by atoms with E-state index in [1.807, 2.05) is 6.92 Å². The van der Waals surface area contributed by atoms with E-state index in [2.05, 4.69) is 10.6 Å². The summed E-state index contributed by atoms with van der Waals surface area (Å²) in [6, 6.07) is 13.7. The molecule has 3 atom stereocenters. The van der Waals surface area contributed by atoms with Gasteiger partial charge in [0.25, 0.3) is 15.9 Å². The third kappa shape index (κ3) is 6.99. The third-order valence-electron chi connectivity index (χ3n) is 6.87. The Morgan fingerprint density at radius 3 is 2.51 bits per heavy atom. The maximum Gasteiger partial charge on any atom is 0.323 e. The Morgan fingerprint density at radius 2 is 1.88 bits per heavy atom. The molecule has 0 bridgehead atoms. The predicted molar refractivity (Wildman–Crippen MR) is 157 cm³/mol. The quantitative estimate of drug-likeness (QED) is 0.337. The molecule has 2 heterocycles. The van der Waals surface area contributed by atoms with Crippen LogP contribution in [0.2, 0.25) is 0 Å². The van der Waals surface area contributed by atoms with Gasteiger partial charge in [0.2, 0.25) is 0 Å². The van der Waals surface area contributed by atoms with E-state index in [0.717, 1.165) is 11.3 Å². The Balaban J connectivity index is 1.59. The summed E-state index contributed by atoms with van der Waals surface area (Å²) in [5.74, 6) is 0.270. The lowest BCUT2D eigenvalue weighted by atomic mass is 9.99. The first-order valence-electron chi connectivity index (χ1n) is 13.0. The molecule has 0 unspecified atom stereocenters. The summed E-state index contributed by atoms with van der Waals surface area (Å²) in [6.45, 7) is 3.63. The van der Waals surface area contributed by atoms with Crippen LogP contribution in [0.5, 0.6) is 11.5 Å². The monoisotopic (exact) mass is 602 g/mol. The van der Waals surface area contributed by atoms with Gasteiger partial charge < -0.3 is 30.1 Å². The Kier molecular flexibility index (Phi) is 9.53. The molecule has 0 aliphatic carbocycles. The van der Waals surface area contributed by atoms with Crippen LogP contribution in [0.4, 0.5) is 16.2 Å². The van der Waals surface area contributed by atoms with Gasteiger partial charge in [0.1, 0.15) is 21.8 Å². The van der Waals surface area contributed by atoms with Crippen molar-refractivity contribution in [3.63, 3.8) is 0 Å². The number of nitrogens with zero attached hydrogens (tertiary/aromatic N) is 2. The molecule has 13 heteroatoms. The number of likely N-dealkylation sites (N-methyl/N-ethyl adjacent to an activating group) is 1. The van der Waals surface area contributed by atoms with Crippen molar-refractivity contribution in [1.82, 2.24) is 9.21 Å². The van der Waals surface area contributed by atoms with Crippen molar-refractivity contribution >= 4 is 44.7 Å². The van der Waals surface area contributed by atoms with Gasteiger partial charge in [-0.15, -0.1) is 11.3 Å². The second kappa shape index (κ2) is 12.9. The summed E-state index contributed by atoms with van der Waals surface area (Å²) >= 11 is 1.14. The number of thiophene rings is 1. The van der Waals surface area contributed by atoms with Gasteiger partial charge in [-0.2, -0.15) is 4.31 Å². The molecule has 220 valence electrons. The zero-order chi connectivity index (χ0) is 29.7. The number of anilines is 2. The van der Waals surface area contributed by atoms with Crippen LogP contribution in [-0.4, -0.2) is 80.7 Å². The molecule has 0 fully saturated rings. The molecular weight excluding hydrogens is 568 g/mol. The molecule has 1 aromatic heterocycles. The van der Waals surface area contributed by atoms with Gasteiger partial charge in [0.15, 0.2) is 0 Å². The Morgan fingerprint density at radius 1 is 1.20 bits per heavy atom. The number of urea groups is 1. The molecule has 3 aromatic rings. The van der Waals surface area contributed by atoms with Crippen LogP contribution in [0.15, 0.2) is 64.2 Å². The second-order valence-corrected chi connectivity index (χ2v) is 13.1. The van der Waals surface area contributed by atoms with Crippen molar-refractivity contribution in [1.29, 1.82) is 0 Å². The van der Waals surface area contributed by atoms with Crippen molar-refractivity contribution < 1.29 is 32.6 Å². The lowest BCUT2D eigenvalue weighted by Crippen LogP contribution is -2.50. The summed E-state index contributed by atoms with van der Waals surface area (Å²) in [5.41, 5.74) is 1.09. The number of aliphatic hydroxyl groups is 1. The number of benzene rings is 2. The van der Waals surface area contributed by atoms with Crippen molar-refractivity contribution in [2.45, 2.75) is 30.2 Å². The van der Waals surface area contributed by atoms with Crippen LogP contribution in [0.25, 0.3) is 0 Å². The summed E-state index contributed by atoms with van der Waals surface area (Å²) in [5, 5.41) is 17.0. The summed E-state index contributed by atoms with van der Waals surface area (Å²) in [6.07, 6.45) is -0.604. The molecule has 1 aliphatic heterocycles. The second-order valence-electron chi connectivity index (χ2n) is 9.86. The van der Waals surface area contributed by atoms with Crippen molar-refractivity contribution in [3.05, 3.63) is 65.5 Å². The number of hydrogen-bond donors (Lipinski definition) is 3. The molecule has 41 heavy (non-hydrogen) atoms. The van der Waals surface area contributed by atoms with E-state index >= 15 is 0 Å². The molecule has 11 nitrogen and oxygen atoms in total. The predicted octanol–water partition coefficient (Wildman–Crippen LogP) is 3.94. The van der Waals surface area contributed by atoms with Crippen LogP contribution in [0, 0.1) is 5.92 Å². The molecule has 4 rings (SSSR count). The van der Waals surface area contributed by atoms with Gasteiger partial charge >= 0.3 is 6.03 Å². The van der Waals surface area contributed by atoms with Gasteiger partial charge in [-0.05, 0) is 60.8 Å². The van der Waals surface area contributed by atoms with E-state index in [-0.39, 0.29) is 47.0 Å². The summed E-state index contributed by atoms with van der Waals surface area (Å²) in [4.78, 5) is 27.9. The largest absolute Gasteiger partial charge is 0.497 e. The Bertz CT molecular complexity index is 1460. The Hall–Kier alpha value is -3.65. The van der Waals surface area contributed by atoms with E-state index in [4.69, 9.17) is 9.47 Å². The maximum atomic E-state index is 13.7. The van der Waals surface area contributed by atoms with E-state index in [9.17, 15) is 23.1 Å². The zero-order valence-corrected chi connectivity index (χ0v) is 24.9. The number of fused-ring (bicyclic) bond motifs is 1. The smallest absolute Gasteiger partial charge is 0.323 e. The van der Waals surface area contributed by atoms with E-state index in [1.54, 1.807) is 72.8 Å². The van der Waals surface area contributed by atoms with Crippen molar-refractivity contribution in [2.75, 3.05) is 44.5 Å². The van der Waals surface area contributed by atoms with Crippen LogP contribution in [-0.2, 0) is 10.0 Å². The van der Waals surface area contributed by atoms with Crippen LogP contribution in [0.3, 0.4) is 0 Å². The molecule has 0 radical (unpaired) electrons. The first-order valence-corrected chi connectivity index (χ1v) is 15.3. The number of ether oxygens (including phenoxy) is 2. The van der Waals surface area contributed by atoms with Gasteiger partial charge in [-0.3, -0.25) is 4.79 Å². The third-order valence-corrected chi connectivity index (χ3v) is 10.1. The minimum atomic E-state index is -3.72. The molecular formula is C28H34N4O7S2. The maximum absolute atomic E-state index is 13.7. The van der Waals surface area contributed by atoms with Crippen molar-refractivity contribution in [2.24, 2.45) is 5.92 Å². The number of carbonyl (C=O) groups excluding carboxylic acids is 2. The highest BCUT2D eigenvalue weighted by atomic mass is 32.2. The first-order chi connectivity index (χ1) is 19.5. The highest BCUT2D eigenvalue weighted by molar-refractivity contribution is 7.91. The zero-order valence-electron chi connectivity index (χ0n) is 23.2. The highest BCUT2D eigenvalue weighted by Gasteiger charge is 2.35. The molecule has 0 spiro atoms. The number of rotatable bonds is 9. The van der Waals surface area contributed by atoms with Gasteiger partial charge in [0.05, 0.1) is 31.9 Å². The van der Waals surface area contributed by atoms with Crippen molar-refractivity contribution in [3.8, 4) is 11.5 Å². The average Bonchev–Trinajstić information content (AvgIpc) is 3.51. The van der Waals surface area contributed by atoms with Crippen LogP contribution in [0.1, 0.15) is 24.2 Å². The fraction of sp³-hybridized carbons (Fsp3) is 0.357. The standard InChI is InChI=1S/C28H34N4O7S2/c1-18-15-32(19(2)17-33)27(34)23-14-21(30-28(35)29-20-7-10-22(38-4)11-8-20)9-12-24(23)39-25(18)16-31(3)41(36,37)26-6-5-13-40-26/h5-14,18-19,25,33H,15-17H2,1-4H3,(H2,29,30,35)/t18-,19+,25+/m1/s1. The van der Waals surface area contributed by atoms with Gasteiger partial charge in [0, 0.05) is 30.9 Å². The van der Waals surface area contributed by atoms with Crippen LogP contribution >= 0.6 is 11.3 Å². The fourth-order valence-corrected chi connectivity index (χ4v) is 6.79. The van der Waals surface area contributed by atoms with E-state index in [1.165, 1.54) is 17.4 Å². The van der Waals surface area contributed by atoms with E-state index in [0.29, 0.717) is 17.1 Å². The SMILES string of the molecule is COc1ccc(NC(=O)Nc2ccc3c(c2)C(=O)N([C@@H](C)CO)C[C@@H](C)[C@H](CN(C)S(=O)(=O)c2cccs2)O3)cc1. The Labute approximate surface area is 243 Å². The minimum absolute atomic E-state index is 0.0423. The lowest BCUT2D eigenvalue weighted by Gasteiger charge is -2.38. The highest BCUT2D eigenvalue weighted by Crippen LogP contribution is 2.31. The van der Waals surface area contributed by atoms with Gasteiger partial charge in [-0.25, -0.2) is 13.2 Å². The number of methoxy groups -OCH3 is 1. The fourth-order valence-electron chi connectivity index (χ4n) is 4.40. The number of amides is 3. The number of aliphatic hydroxyl groups excluding tert-OH is 1.